The van der Waals surface area contributed by atoms with E-state index in [1.165, 1.54) is 12.4 Å². The van der Waals surface area contributed by atoms with Gasteiger partial charge in [0, 0.05) is 19.0 Å². The number of nitrogens with zero attached hydrogens (tertiary/aromatic N) is 4. The van der Waals surface area contributed by atoms with E-state index in [1.54, 1.807) is 9.58 Å². The second kappa shape index (κ2) is 6.78. The monoisotopic (exact) mass is 358 g/mol. The summed E-state index contributed by atoms with van der Waals surface area (Å²) in [4.78, 5) is 24.3. The van der Waals surface area contributed by atoms with Gasteiger partial charge in [-0.25, -0.2) is 4.79 Å². The Bertz CT molecular complexity index is 791. The predicted octanol–water partition coefficient (Wildman–Crippen LogP) is 3.25. The quantitative estimate of drug-likeness (QED) is 0.618. The largest absolute Gasteiger partial charge is 0.444 e. The van der Waals surface area contributed by atoms with Gasteiger partial charge in [-0.2, -0.15) is 5.10 Å². The lowest BCUT2D eigenvalue weighted by Crippen LogP contribution is -2.54. The maximum atomic E-state index is 12.2. The summed E-state index contributed by atoms with van der Waals surface area (Å²) >= 11 is 0. The van der Waals surface area contributed by atoms with Gasteiger partial charge in [0.2, 0.25) is 0 Å². The van der Waals surface area contributed by atoms with Gasteiger partial charge in [-0.1, -0.05) is 30.3 Å². The van der Waals surface area contributed by atoms with Crippen molar-refractivity contribution in [2.24, 2.45) is 5.92 Å². The molecule has 1 aliphatic rings. The number of amides is 1. The topological polar surface area (TPSA) is 90.5 Å². The normalized spacial score (nSPS) is 16.0. The Morgan fingerprint density at radius 1 is 1.31 bits per heavy atom. The van der Waals surface area contributed by atoms with Crippen LogP contribution in [0.5, 0.6) is 0 Å². The molecule has 2 heterocycles. The molecule has 3 rings (SSSR count). The Kier molecular flexibility index (Phi) is 4.67. The second-order valence-electron chi connectivity index (χ2n) is 7.44. The van der Waals surface area contributed by atoms with E-state index in [0.717, 1.165) is 5.56 Å². The fraction of sp³-hybridized carbons (Fsp3) is 0.444. The minimum atomic E-state index is -0.538. The highest BCUT2D eigenvalue weighted by Gasteiger charge is 2.40. The molecule has 0 aliphatic carbocycles. The second-order valence-corrected chi connectivity index (χ2v) is 7.44. The van der Waals surface area contributed by atoms with Crippen LogP contribution in [-0.4, -0.2) is 44.4 Å². The Morgan fingerprint density at radius 2 is 1.96 bits per heavy atom. The standard InChI is InChI=1S/C18H22N4O4/c1-18(2,3)26-17(23)20-10-14(11-20)16(13-7-5-4-6-8-13)21-12-15(9-19-21)22(24)25/h4-9,12,14,16H,10-11H2,1-3H3/t16-/m1/s1. The molecule has 1 saturated heterocycles. The smallest absolute Gasteiger partial charge is 0.410 e. The summed E-state index contributed by atoms with van der Waals surface area (Å²) in [5, 5.41) is 15.2. The van der Waals surface area contributed by atoms with Crippen LogP contribution in [0.2, 0.25) is 0 Å². The minimum Gasteiger partial charge on any atom is -0.444 e. The average molecular weight is 358 g/mol. The number of nitro groups is 1. The van der Waals surface area contributed by atoms with Crippen LogP contribution in [0.1, 0.15) is 32.4 Å². The number of carbonyl (C=O) groups excluding carboxylic acids is 1. The summed E-state index contributed by atoms with van der Waals surface area (Å²) in [6.45, 7) is 6.53. The van der Waals surface area contributed by atoms with E-state index in [0.29, 0.717) is 13.1 Å². The summed E-state index contributed by atoms with van der Waals surface area (Å²) in [5.41, 5.74) is 0.414. The Hall–Kier alpha value is -2.90. The van der Waals surface area contributed by atoms with Crippen molar-refractivity contribution in [1.29, 1.82) is 0 Å². The lowest BCUT2D eigenvalue weighted by Gasteiger charge is -2.43. The highest BCUT2D eigenvalue weighted by molar-refractivity contribution is 5.69. The molecule has 0 saturated carbocycles. The van der Waals surface area contributed by atoms with Crippen molar-refractivity contribution in [3.63, 3.8) is 0 Å². The fourth-order valence-electron chi connectivity index (χ4n) is 3.05. The molecule has 1 aliphatic heterocycles. The number of aromatic nitrogens is 2. The van der Waals surface area contributed by atoms with E-state index in [1.807, 2.05) is 51.1 Å². The molecule has 0 bridgehead atoms. The zero-order chi connectivity index (χ0) is 18.9. The number of ether oxygens (including phenoxy) is 1. The van der Waals surface area contributed by atoms with Gasteiger partial charge in [0.25, 0.3) is 0 Å². The summed E-state index contributed by atoms with van der Waals surface area (Å²) in [5.74, 6) is 0.101. The number of hydrogen-bond donors (Lipinski definition) is 0. The molecule has 138 valence electrons. The van der Waals surface area contributed by atoms with E-state index < -0.39 is 10.5 Å². The van der Waals surface area contributed by atoms with E-state index in [2.05, 4.69) is 5.10 Å². The highest BCUT2D eigenvalue weighted by atomic mass is 16.6. The summed E-state index contributed by atoms with van der Waals surface area (Å²) in [6, 6.07) is 9.51. The number of benzene rings is 1. The molecule has 8 nitrogen and oxygen atoms in total. The molecule has 8 heteroatoms. The molecule has 1 aromatic carbocycles. The Balaban J connectivity index is 1.78. The average Bonchev–Trinajstić information content (AvgIpc) is 2.99. The van der Waals surface area contributed by atoms with Gasteiger partial charge in [0.15, 0.2) is 0 Å². The zero-order valence-electron chi connectivity index (χ0n) is 15.0. The molecule has 1 atom stereocenters. The molecule has 2 aromatic rings. The third-order valence-electron chi connectivity index (χ3n) is 4.23. The van der Waals surface area contributed by atoms with Crippen LogP contribution < -0.4 is 0 Å². The summed E-state index contributed by atoms with van der Waals surface area (Å²) < 4.78 is 7.01. The van der Waals surface area contributed by atoms with E-state index >= 15 is 0 Å². The van der Waals surface area contributed by atoms with Crippen molar-refractivity contribution in [3.05, 3.63) is 58.4 Å². The Labute approximate surface area is 151 Å². The first-order valence-corrected chi connectivity index (χ1v) is 8.46. The van der Waals surface area contributed by atoms with Crippen LogP contribution in [0.25, 0.3) is 0 Å². The third-order valence-corrected chi connectivity index (χ3v) is 4.23. The molecule has 0 spiro atoms. The molecular formula is C18H22N4O4. The number of rotatable bonds is 4. The van der Waals surface area contributed by atoms with Crippen molar-refractivity contribution in [2.75, 3.05) is 13.1 Å². The van der Waals surface area contributed by atoms with Crippen molar-refractivity contribution in [2.45, 2.75) is 32.4 Å². The number of likely N-dealkylation sites (tertiary alicyclic amines) is 1. The molecule has 26 heavy (non-hydrogen) atoms. The maximum Gasteiger partial charge on any atom is 0.410 e. The summed E-state index contributed by atoms with van der Waals surface area (Å²) in [7, 11) is 0. The van der Waals surface area contributed by atoms with Crippen LogP contribution >= 0.6 is 0 Å². The van der Waals surface area contributed by atoms with Gasteiger partial charge in [-0.05, 0) is 26.3 Å². The summed E-state index contributed by atoms with van der Waals surface area (Å²) in [6.07, 6.45) is 2.35. The van der Waals surface area contributed by atoms with Crippen molar-refractivity contribution < 1.29 is 14.5 Å². The minimum absolute atomic E-state index is 0.0470. The van der Waals surface area contributed by atoms with Gasteiger partial charge in [0.05, 0.1) is 11.0 Å². The van der Waals surface area contributed by atoms with Crippen LogP contribution in [-0.2, 0) is 4.74 Å². The predicted molar refractivity (Wildman–Crippen MR) is 94.8 cm³/mol. The van der Waals surface area contributed by atoms with Gasteiger partial charge >= 0.3 is 11.8 Å². The number of carbonyl (C=O) groups is 1. The Morgan fingerprint density at radius 3 is 2.50 bits per heavy atom. The fourth-order valence-corrected chi connectivity index (χ4v) is 3.05. The van der Waals surface area contributed by atoms with Gasteiger partial charge in [-0.15, -0.1) is 0 Å². The lowest BCUT2D eigenvalue weighted by atomic mass is 9.87. The van der Waals surface area contributed by atoms with E-state index in [-0.39, 0.29) is 23.7 Å². The van der Waals surface area contributed by atoms with E-state index in [9.17, 15) is 14.9 Å². The van der Waals surface area contributed by atoms with Crippen molar-refractivity contribution >= 4 is 11.8 Å². The van der Waals surface area contributed by atoms with Crippen LogP contribution in [0.15, 0.2) is 42.7 Å². The molecule has 1 amide bonds. The molecule has 1 aromatic heterocycles. The van der Waals surface area contributed by atoms with Gasteiger partial charge < -0.3 is 9.64 Å². The first kappa shape index (κ1) is 17.9. The molecule has 0 radical (unpaired) electrons. The van der Waals surface area contributed by atoms with Crippen molar-refractivity contribution in [1.82, 2.24) is 14.7 Å². The van der Waals surface area contributed by atoms with Crippen LogP contribution in [0, 0.1) is 16.0 Å². The van der Waals surface area contributed by atoms with E-state index in [4.69, 9.17) is 4.74 Å². The SMILES string of the molecule is CC(C)(C)OC(=O)N1CC([C@@H](c2ccccc2)n2cc([N+](=O)[O-])cn2)C1. The van der Waals surface area contributed by atoms with Gasteiger partial charge in [0.1, 0.15) is 18.0 Å². The maximum absolute atomic E-state index is 12.2. The molecule has 0 N–H and O–H groups in total. The molecule has 0 unspecified atom stereocenters. The molecular weight excluding hydrogens is 336 g/mol. The first-order chi connectivity index (χ1) is 12.2. The zero-order valence-corrected chi connectivity index (χ0v) is 15.0. The van der Waals surface area contributed by atoms with Crippen LogP contribution in [0.4, 0.5) is 10.5 Å². The lowest BCUT2D eigenvalue weighted by molar-refractivity contribution is -0.385. The van der Waals surface area contributed by atoms with Gasteiger partial charge in [-0.3, -0.25) is 14.8 Å². The van der Waals surface area contributed by atoms with Crippen LogP contribution in [0.3, 0.4) is 0 Å². The van der Waals surface area contributed by atoms with Crippen molar-refractivity contribution in [3.8, 4) is 0 Å². The number of hydrogen-bond acceptors (Lipinski definition) is 5. The highest BCUT2D eigenvalue weighted by Crippen LogP contribution is 2.34. The molecule has 1 fully saturated rings. The third kappa shape index (κ3) is 3.84. The first-order valence-electron chi connectivity index (χ1n) is 8.46.